The zero-order valence-electron chi connectivity index (χ0n) is 12.9. The van der Waals surface area contributed by atoms with Crippen molar-refractivity contribution in [1.82, 2.24) is 9.55 Å². The van der Waals surface area contributed by atoms with Gasteiger partial charge in [0.15, 0.2) is 0 Å². The second kappa shape index (κ2) is 5.53. The number of anilines is 1. The lowest BCUT2D eigenvalue weighted by Gasteiger charge is -2.32. The molecule has 0 amide bonds. The quantitative estimate of drug-likeness (QED) is 0.875. The monoisotopic (exact) mass is 305 g/mol. The molecule has 1 aliphatic rings. The van der Waals surface area contributed by atoms with Gasteiger partial charge in [-0.3, -0.25) is 0 Å². The lowest BCUT2D eigenvalue weighted by Crippen LogP contribution is -2.26. The van der Waals surface area contributed by atoms with Crippen LogP contribution in [0.5, 0.6) is 0 Å². The molecule has 1 saturated carbocycles. The Balaban J connectivity index is 2.00. The van der Waals surface area contributed by atoms with E-state index in [-0.39, 0.29) is 0 Å². The lowest BCUT2D eigenvalue weighted by atomic mass is 9.78. The van der Waals surface area contributed by atoms with Gasteiger partial charge in [-0.15, -0.1) is 0 Å². The number of imidazole rings is 1. The van der Waals surface area contributed by atoms with Crippen molar-refractivity contribution in [3.05, 3.63) is 23.2 Å². The maximum atomic E-state index is 6.25. The van der Waals surface area contributed by atoms with Crippen LogP contribution in [0.4, 0.5) is 5.95 Å². The van der Waals surface area contributed by atoms with Gasteiger partial charge in [-0.1, -0.05) is 44.4 Å². The second-order valence-electron chi connectivity index (χ2n) is 6.97. The van der Waals surface area contributed by atoms with Gasteiger partial charge in [0.05, 0.1) is 10.5 Å². The zero-order chi connectivity index (χ0) is 15.0. The van der Waals surface area contributed by atoms with Crippen LogP contribution in [0.15, 0.2) is 18.2 Å². The Morgan fingerprint density at radius 1 is 1.33 bits per heavy atom. The van der Waals surface area contributed by atoms with Gasteiger partial charge in [0, 0.05) is 6.54 Å². The Bertz CT molecular complexity index is 639. The molecule has 1 aromatic carbocycles. The highest BCUT2D eigenvalue weighted by Gasteiger charge is 2.35. The van der Waals surface area contributed by atoms with E-state index in [1.165, 1.54) is 32.1 Å². The number of rotatable bonds is 4. The van der Waals surface area contributed by atoms with Crippen molar-refractivity contribution in [2.24, 2.45) is 11.3 Å². The molecule has 0 aliphatic heterocycles. The molecule has 0 spiro atoms. The zero-order valence-corrected chi connectivity index (χ0v) is 13.7. The molecular formula is C17H24ClN3. The van der Waals surface area contributed by atoms with Gasteiger partial charge in [-0.25, -0.2) is 4.98 Å². The van der Waals surface area contributed by atoms with E-state index in [1.54, 1.807) is 0 Å². The maximum absolute atomic E-state index is 6.25. The Morgan fingerprint density at radius 2 is 2.05 bits per heavy atom. The summed E-state index contributed by atoms with van der Waals surface area (Å²) in [5, 5.41) is 0.683. The van der Waals surface area contributed by atoms with Gasteiger partial charge >= 0.3 is 0 Å². The standard InChI is InChI=1S/C17H24ClN3/c1-12(2)10-17(8-3-4-9-17)11-21-14-7-5-6-13(18)15(14)20-16(21)19/h5-7,12H,3-4,8-11H2,1-2H3,(H2,19,20). The number of aromatic nitrogens is 2. The van der Waals surface area contributed by atoms with Gasteiger partial charge < -0.3 is 10.3 Å². The van der Waals surface area contributed by atoms with E-state index in [0.717, 1.165) is 17.6 Å². The highest BCUT2D eigenvalue weighted by Crippen LogP contribution is 2.45. The minimum Gasteiger partial charge on any atom is -0.369 e. The van der Waals surface area contributed by atoms with E-state index in [9.17, 15) is 0 Å². The van der Waals surface area contributed by atoms with Crippen LogP contribution in [-0.4, -0.2) is 9.55 Å². The predicted molar refractivity (Wildman–Crippen MR) is 89.5 cm³/mol. The molecule has 1 fully saturated rings. The molecule has 2 aromatic rings. The van der Waals surface area contributed by atoms with Gasteiger partial charge in [-0.05, 0) is 42.7 Å². The molecule has 3 nitrogen and oxygen atoms in total. The third-order valence-electron chi connectivity index (χ3n) is 4.76. The molecular weight excluding hydrogens is 282 g/mol. The molecule has 21 heavy (non-hydrogen) atoms. The van der Waals surface area contributed by atoms with Crippen LogP contribution in [0.3, 0.4) is 0 Å². The molecule has 1 heterocycles. The summed E-state index contributed by atoms with van der Waals surface area (Å²) in [6.07, 6.45) is 6.52. The predicted octanol–water partition coefficient (Wildman–Crippen LogP) is 4.88. The van der Waals surface area contributed by atoms with Crippen LogP contribution < -0.4 is 5.73 Å². The maximum Gasteiger partial charge on any atom is 0.201 e. The fourth-order valence-corrected chi connectivity index (χ4v) is 4.26. The third kappa shape index (κ3) is 2.76. The second-order valence-corrected chi connectivity index (χ2v) is 7.38. The van der Waals surface area contributed by atoms with E-state index in [4.69, 9.17) is 17.3 Å². The number of hydrogen-bond acceptors (Lipinski definition) is 2. The SMILES string of the molecule is CC(C)CC1(Cn2c(N)nc3c(Cl)cccc32)CCCC1. The van der Waals surface area contributed by atoms with Crippen molar-refractivity contribution in [1.29, 1.82) is 0 Å². The summed E-state index contributed by atoms with van der Waals surface area (Å²) < 4.78 is 2.18. The van der Waals surface area contributed by atoms with E-state index < -0.39 is 0 Å². The van der Waals surface area contributed by atoms with Crippen LogP contribution >= 0.6 is 11.6 Å². The summed E-state index contributed by atoms with van der Waals surface area (Å²) in [5.41, 5.74) is 8.45. The van der Waals surface area contributed by atoms with Gasteiger partial charge in [0.2, 0.25) is 5.95 Å². The molecule has 4 heteroatoms. The minimum absolute atomic E-state index is 0.373. The number of nitrogens with zero attached hydrogens (tertiary/aromatic N) is 2. The number of fused-ring (bicyclic) bond motifs is 1. The van der Waals surface area contributed by atoms with Crippen molar-refractivity contribution in [3.8, 4) is 0 Å². The van der Waals surface area contributed by atoms with E-state index in [0.29, 0.717) is 22.3 Å². The first kappa shape index (κ1) is 14.7. The summed E-state index contributed by atoms with van der Waals surface area (Å²) in [6.45, 7) is 5.59. The topological polar surface area (TPSA) is 43.8 Å². The Morgan fingerprint density at radius 3 is 2.71 bits per heavy atom. The third-order valence-corrected chi connectivity index (χ3v) is 5.06. The van der Waals surface area contributed by atoms with Crippen molar-refractivity contribution in [2.45, 2.75) is 52.5 Å². The fourth-order valence-electron chi connectivity index (χ4n) is 4.05. The Hall–Kier alpha value is -1.22. The molecule has 2 N–H and O–H groups in total. The molecule has 0 unspecified atom stereocenters. The number of nitrogen functional groups attached to an aromatic ring is 1. The lowest BCUT2D eigenvalue weighted by molar-refractivity contribution is 0.200. The Kier molecular flexibility index (Phi) is 3.87. The molecule has 3 rings (SSSR count). The first-order valence-electron chi connectivity index (χ1n) is 7.91. The van der Waals surface area contributed by atoms with Gasteiger partial charge in [0.1, 0.15) is 5.52 Å². The molecule has 0 atom stereocenters. The summed E-state index contributed by atoms with van der Waals surface area (Å²) in [5.74, 6) is 1.30. The van der Waals surface area contributed by atoms with Crippen LogP contribution in [-0.2, 0) is 6.54 Å². The average Bonchev–Trinajstić information content (AvgIpc) is 2.97. The number of hydrogen-bond donors (Lipinski definition) is 1. The number of halogens is 1. The molecule has 0 saturated heterocycles. The number of benzene rings is 1. The van der Waals surface area contributed by atoms with E-state index in [2.05, 4.69) is 29.5 Å². The molecule has 0 radical (unpaired) electrons. The first-order valence-corrected chi connectivity index (χ1v) is 8.29. The highest BCUT2D eigenvalue weighted by atomic mass is 35.5. The molecule has 1 aliphatic carbocycles. The largest absolute Gasteiger partial charge is 0.369 e. The van der Waals surface area contributed by atoms with Crippen LogP contribution in [0.25, 0.3) is 11.0 Å². The van der Waals surface area contributed by atoms with Gasteiger partial charge in [-0.2, -0.15) is 0 Å². The number of nitrogens with two attached hydrogens (primary N) is 1. The molecule has 0 bridgehead atoms. The molecule has 114 valence electrons. The number of para-hydroxylation sites is 1. The van der Waals surface area contributed by atoms with Crippen molar-refractivity contribution >= 4 is 28.6 Å². The average molecular weight is 306 g/mol. The van der Waals surface area contributed by atoms with Crippen LogP contribution in [0.2, 0.25) is 5.02 Å². The fraction of sp³-hybridized carbons (Fsp3) is 0.588. The van der Waals surface area contributed by atoms with E-state index in [1.807, 2.05) is 12.1 Å². The summed E-state index contributed by atoms with van der Waals surface area (Å²) in [4.78, 5) is 4.47. The normalized spacial score (nSPS) is 17.9. The first-order chi connectivity index (χ1) is 10.0. The minimum atomic E-state index is 0.373. The Labute approximate surface area is 131 Å². The van der Waals surface area contributed by atoms with Crippen molar-refractivity contribution < 1.29 is 0 Å². The smallest absolute Gasteiger partial charge is 0.201 e. The van der Waals surface area contributed by atoms with Crippen molar-refractivity contribution in [3.63, 3.8) is 0 Å². The summed E-state index contributed by atoms with van der Waals surface area (Å²) >= 11 is 6.25. The summed E-state index contributed by atoms with van der Waals surface area (Å²) in [6, 6.07) is 5.93. The van der Waals surface area contributed by atoms with Crippen LogP contribution in [0, 0.1) is 11.3 Å². The van der Waals surface area contributed by atoms with Crippen LogP contribution in [0.1, 0.15) is 46.0 Å². The summed E-state index contributed by atoms with van der Waals surface area (Å²) in [7, 11) is 0. The van der Waals surface area contributed by atoms with Gasteiger partial charge in [0.25, 0.3) is 0 Å². The van der Waals surface area contributed by atoms with Crippen molar-refractivity contribution in [2.75, 3.05) is 5.73 Å². The molecule has 1 aromatic heterocycles. The highest BCUT2D eigenvalue weighted by molar-refractivity contribution is 6.35. The van der Waals surface area contributed by atoms with E-state index >= 15 is 0 Å².